The third-order valence-corrected chi connectivity index (χ3v) is 3.56. The fraction of sp³-hybridized carbons (Fsp3) is 0.600. The number of nitrogens with one attached hydrogen (secondary N) is 3. The van der Waals surface area contributed by atoms with Crippen molar-refractivity contribution in [1.29, 1.82) is 0 Å². The first-order chi connectivity index (χ1) is 10.9. The lowest BCUT2D eigenvalue weighted by Crippen LogP contribution is -2.39. The summed E-state index contributed by atoms with van der Waals surface area (Å²) in [5, 5.41) is 9.12. The second kappa shape index (κ2) is 9.28. The topological polar surface area (TPSA) is 61.3 Å². The van der Waals surface area contributed by atoms with Crippen LogP contribution >= 0.6 is 24.0 Å². The smallest absolute Gasteiger partial charge is 0.368 e. The maximum atomic E-state index is 12.8. The van der Waals surface area contributed by atoms with E-state index >= 15 is 0 Å². The number of guanidine groups is 1. The van der Waals surface area contributed by atoms with E-state index in [1.807, 2.05) is 6.92 Å². The summed E-state index contributed by atoms with van der Waals surface area (Å²) in [4.78, 5) is 8.11. The standard InChI is InChI=1S/C15H22F3N5.HI/c1-3-19-14(23-12-9-10(12)2)22-8-7-21-13-11(15(16,17)18)5-4-6-20-13;/h4-6,10,12H,3,7-9H2,1-2H3,(H,20,21)(H2,19,22,23);1H. The average molecular weight is 457 g/mol. The summed E-state index contributed by atoms with van der Waals surface area (Å²) in [6.07, 6.45) is -1.97. The number of rotatable bonds is 6. The Morgan fingerprint density at radius 3 is 2.71 bits per heavy atom. The van der Waals surface area contributed by atoms with Gasteiger partial charge in [0.2, 0.25) is 0 Å². The first-order valence-corrected chi connectivity index (χ1v) is 7.72. The van der Waals surface area contributed by atoms with Gasteiger partial charge < -0.3 is 16.0 Å². The zero-order chi connectivity index (χ0) is 16.9. The monoisotopic (exact) mass is 457 g/mol. The van der Waals surface area contributed by atoms with Crippen LogP contribution in [0.2, 0.25) is 0 Å². The molecule has 9 heteroatoms. The molecule has 1 aromatic rings. The van der Waals surface area contributed by atoms with Crippen molar-refractivity contribution in [3.05, 3.63) is 23.9 Å². The summed E-state index contributed by atoms with van der Waals surface area (Å²) in [6.45, 7) is 5.48. The van der Waals surface area contributed by atoms with Gasteiger partial charge in [0.1, 0.15) is 5.82 Å². The van der Waals surface area contributed by atoms with Gasteiger partial charge in [0, 0.05) is 25.3 Å². The van der Waals surface area contributed by atoms with Crippen molar-refractivity contribution in [3.63, 3.8) is 0 Å². The molecule has 2 rings (SSSR count). The number of hydrogen-bond donors (Lipinski definition) is 3. The molecule has 2 unspecified atom stereocenters. The number of hydrogen-bond acceptors (Lipinski definition) is 3. The Morgan fingerprint density at radius 1 is 1.42 bits per heavy atom. The van der Waals surface area contributed by atoms with Gasteiger partial charge in [0.15, 0.2) is 5.96 Å². The summed E-state index contributed by atoms with van der Waals surface area (Å²) in [5.74, 6) is 1.17. The van der Waals surface area contributed by atoms with E-state index in [1.165, 1.54) is 12.3 Å². The predicted octanol–water partition coefficient (Wildman–Crippen LogP) is 3.09. The maximum Gasteiger partial charge on any atom is 0.419 e. The Labute approximate surface area is 156 Å². The molecule has 0 spiro atoms. The van der Waals surface area contributed by atoms with Crippen LogP contribution in [-0.2, 0) is 6.18 Å². The van der Waals surface area contributed by atoms with Crippen molar-refractivity contribution in [2.24, 2.45) is 10.9 Å². The molecule has 1 aliphatic rings. The van der Waals surface area contributed by atoms with Crippen LogP contribution in [0.25, 0.3) is 0 Å². The lowest BCUT2D eigenvalue weighted by Gasteiger charge is -2.13. The van der Waals surface area contributed by atoms with Crippen molar-refractivity contribution in [2.45, 2.75) is 32.5 Å². The molecular formula is C15H23F3IN5. The van der Waals surface area contributed by atoms with Crippen LogP contribution in [-0.4, -0.2) is 36.6 Å². The Bertz CT molecular complexity index is 550. The minimum Gasteiger partial charge on any atom is -0.368 e. The molecule has 5 nitrogen and oxygen atoms in total. The fourth-order valence-electron chi connectivity index (χ4n) is 2.14. The van der Waals surface area contributed by atoms with Crippen molar-refractivity contribution < 1.29 is 13.2 Å². The molecule has 0 bridgehead atoms. The normalized spacial score (nSPS) is 20.1. The molecule has 3 N–H and O–H groups in total. The van der Waals surface area contributed by atoms with Crippen molar-refractivity contribution >= 4 is 35.8 Å². The zero-order valence-corrected chi connectivity index (χ0v) is 16.0. The van der Waals surface area contributed by atoms with E-state index in [2.05, 4.69) is 32.9 Å². The molecule has 0 radical (unpaired) electrons. The molecule has 1 aromatic heterocycles. The first kappa shape index (κ1) is 20.8. The van der Waals surface area contributed by atoms with E-state index in [4.69, 9.17) is 0 Å². The number of halogens is 4. The maximum absolute atomic E-state index is 12.8. The largest absolute Gasteiger partial charge is 0.419 e. The van der Waals surface area contributed by atoms with Gasteiger partial charge in [-0.05, 0) is 31.4 Å². The number of alkyl halides is 3. The van der Waals surface area contributed by atoms with Crippen LogP contribution in [0, 0.1) is 5.92 Å². The van der Waals surface area contributed by atoms with Gasteiger partial charge in [0.05, 0.1) is 12.1 Å². The molecule has 0 amide bonds. The minimum absolute atomic E-state index is 0. The van der Waals surface area contributed by atoms with E-state index in [0.29, 0.717) is 24.5 Å². The van der Waals surface area contributed by atoms with Gasteiger partial charge in [-0.15, -0.1) is 24.0 Å². The van der Waals surface area contributed by atoms with E-state index in [-0.39, 0.29) is 36.3 Å². The van der Waals surface area contributed by atoms with Crippen LogP contribution in [0.1, 0.15) is 25.8 Å². The quantitative estimate of drug-likeness (QED) is 0.266. The lowest BCUT2D eigenvalue weighted by molar-refractivity contribution is -0.137. The minimum atomic E-state index is -4.42. The highest BCUT2D eigenvalue weighted by Gasteiger charge is 2.34. The average Bonchev–Trinajstić information content (AvgIpc) is 3.18. The second-order valence-corrected chi connectivity index (χ2v) is 5.55. The van der Waals surface area contributed by atoms with E-state index in [1.54, 1.807) is 0 Å². The van der Waals surface area contributed by atoms with Gasteiger partial charge in [0.25, 0.3) is 0 Å². The van der Waals surface area contributed by atoms with Crippen LogP contribution < -0.4 is 16.0 Å². The van der Waals surface area contributed by atoms with Crippen LogP contribution in [0.3, 0.4) is 0 Å². The Balaban J connectivity index is 0.00000288. The number of aromatic nitrogens is 1. The number of nitrogens with zero attached hydrogens (tertiary/aromatic N) is 2. The van der Waals surface area contributed by atoms with E-state index in [9.17, 15) is 13.2 Å². The number of anilines is 1. The van der Waals surface area contributed by atoms with Crippen molar-refractivity contribution in [3.8, 4) is 0 Å². The predicted molar refractivity (Wildman–Crippen MR) is 99.8 cm³/mol. The Hall–Kier alpha value is -1.26. The molecule has 0 saturated heterocycles. The fourth-order valence-corrected chi connectivity index (χ4v) is 2.14. The third-order valence-electron chi connectivity index (χ3n) is 3.56. The summed E-state index contributed by atoms with van der Waals surface area (Å²) < 4.78 is 38.5. The van der Waals surface area contributed by atoms with Gasteiger partial charge in [-0.25, -0.2) is 4.98 Å². The molecule has 24 heavy (non-hydrogen) atoms. The summed E-state index contributed by atoms with van der Waals surface area (Å²) >= 11 is 0. The molecule has 2 atom stereocenters. The highest BCUT2D eigenvalue weighted by atomic mass is 127. The molecule has 1 saturated carbocycles. The van der Waals surface area contributed by atoms with Crippen molar-refractivity contribution in [1.82, 2.24) is 15.6 Å². The lowest BCUT2D eigenvalue weighted by atomic mass is 10.2. The van der Waals surface area contributed by atoms with Crippen molar-refractivity contribution in [2.75, 3.05) is 25.0 Å². The number of pyridine rings is 1. The van der Waals surface area contributed by atoms with E-state index < -0.39 is 11.7 Å². The molecular weight excluding hydrogens is 434 g/mol. The number of aliphatic imine (C=N–C) groups is 1. The molecule has 1 heterocycles. The second-order valence-electron chi connectivity index (χ2n) is 5.55. The molecule has 1 aliphatic carbocycles. The SMILES string of the molecule is CCNC(=NCCNc1ncccc1C(F)(F)F)NC1CC1C.I. The van der Waals surface area contributed by atoms with Crippen LogP contribution in [0.5, 0.6) is 0 Å². The highest BCUT2D eigenvalue weighted by Crippen LogP contribution is 2.33. The van der Waals surface area contributed by atoms with Crippen LogP contribution in [0.4, 0.5) is 19.0 Å². The summed E-state index contributed by atoms with van der Waals surface area (Å²) in [7, 11) is 0. The van der Waals surface area contributed by atoms with Gasteiger partial charge in [-0.3, -0.25) is 4.99 Å². The molecule has 136 valence electrons. The highest BCUT2D eigenvalue weighted by molar-refractivity contribution is 14.0. The molecule has 1 fully saturated rings. The third kappa shape index (κ3) is 6.33. The Kier molecular flexibility index (Phi) is 8.04. The Morgan fingerprint density at radius 2 is 2.12 bits per heavy atom. The van der Waals surface area contributed by atoms with Gasteiger partial charge in [-0.1, -0.05) is 6.92 Å². The van der Waals surface area contributed by atoms with E-state index in [0.717, 1.165) is 19.0 Å². The van der Waals surface area contributed by atoms with Gasteiger partial charge >= 0.3 is 6.18 Å². The summed E-state index contributed by atoms with van der Waals surface area (Å²) in [5.41, 5.74) is -0.763. The molecule has 0 aromatic carbocycles. The summed E-state index contributed by atoms with van der Waals surface area (Å²) in [6, 6.07) is 2.72. The zero-order valence-electron chi connectivity index (χ0n) is 13.7. The van der Waals surface area contributed by atoms with Crippen LogP contribution in [0.15, 0.2) is 23.3 Å². The first-order valence-electron chi connectivity index (χ1n) is 7.72. The molecule has 0 aliphatic heterocycles. The van der Waals surface area contributed by atoms with Gasteiger partial charge in [-0.2, -0.15) is 13.2 Å².